The van der Waals surface area contributed by atoms with Gasteiger partial charge in [0.25, 0.3) is 0 Å². The Morgan fingerprint density at radius 1 is 1.24 bits per heavy atom. The summed E-state index contributed by atoms with van der Waals surface area (Å²) in [5.41, 5.74) is 0.856. The number of aromatic nitrogens is 1. The number of nitrogens with one attached hydrogen (secondary N) is 3. The fraction of sp³-hybridized carbons (Fsp3) is 0.333. The molecule has 0 saturated heterocycles. The molecule has 0 radical (unpaired) electrons. The van der Waals surface area contributed by atoms with E-state index in [-0.39, 0.29) is 10.8 Å². The molecule has 0 atom stereocenters. The molecule has 0 amide bonds. The third-order valence-corrected chi connectivity index (χ3v) is 6.18. The van der Waals surface area contributed by atoms with E-state index in [1.54, 1.807) is 12.3 Å². The Morgan fingerprint density at radius 3 is 2.72 bits per heavy atom. The largest absolute Gasteiger partial charge is 0.357 e. The van der Waals surface area contributed by atoms with Gasteiger partial charge in [0.2, 0.25) is 10.0 Å². The van der Waals surface area contributed by atoms with Crippen LogP contribution in [0, 0.1) is 0 Å². The molecule has 25 heavy (non-hydrogen) atoms. The number of hydrogen-bond acceptors (Lipinski definition) is 5. The second-order valence-electron chi connectivity index (χ2n) is 4.90. The summed E-state index contributed by atoms with van der Waals surface area (Å²) >= 11 is 6.80. The molecule has 0 saturated carbocycles. The van der Waals surface area contributed by atoms with Crippen LogP contribution in [-0.4, -0.2) is 39.0 Å². The van der Waals surface area contributed by atoms with Crippen molar-refractivity contribution in [1.82, 2.24) is 20.3 Å². The molecule has 136 valence electrons. The zero-order chi connectivity index (χ0) is 18.1. The maximum atomic E-state index is 12.1. The quantitative estimate of drug-likeness (QED) is 0.356. The van der Waals surface area contributed by atoms with E-state index in [1.807, 2.05) is 25.1 Å². The number of thiophene rings is 1. The second kappa shape index (κ2) is 9.71. The van der Waals surface area contributed by atoms with Crippen LogP contribution < -0.4 is 15.4 Å². The van der Waals surface area contributed by atoms with Gasteiger partial charge in [0, 0.05) is 25.8 Å². The van der Waals surface area contributed by atoms with E-state index < -0.39 is 10.0 Å². The lowest BCUT2D eigenvalue weighted by Crippen LogP contribution is -2.41. The number of rotatable bonds is 8. The normalized spacial score (nSPS) is 12.2. The van der Waals surface area contributed by atoms with Gasteiger partial charge >= 0.3 is 0 Å². The van der Waals surface area contributed by atoms with Crippen molar-refractivity contribution in [2.24, 2.45) is 4.99 Å². The molecule has 2 rings (SSSR count). The Kier molecular flexibility index (Phi) is 7.63. The lowest BCUT2D eigenvalue weighted by molar-refractivity contribution is 0.582. The minimum Gasteiger partial charge on any atom is -0.357 e. The van der Waals surface area contributed by atoms with Crippen molar-refractivity contribution >= 4 is 38.9 Å². The molecular weight excluding hydrogens is 382 g/mol. The van der Waals surface area contributed by atoms with Crippen LogP contribution in [0.3, 0.4) is 0 Å². The number of hydrogen-bond donors (Lipinski definition) is 3. The van der Waals surface area contributed by atoms with Gasteiger partial charge in [0.1, 0.15) is 4.21 Å². The molecule has 2 aromatic heterocycles. The molecular formula is C15H20ClN5O2S2. The molecule has 10 heteroatoms. The highest BCUT2D eigenvalue weighted by atomic mass is 35.5. The van der Waals surface area contributed by atoms with E-state index in [2.05, 4.69) is 25.3 Å². The summed E-state index contributed by atoms with van der Waals surface area (Å²) < 4.78 is 27.3. The predicted molar refractivity (Wildman–Crippen MR) is 102 cm³/mol. The van der Waals surface area contributed by atoms with Gasteiger partial charge in [-0.15, -0.1) is 11.3 Å². The van der Waals surface area contributed by atoms with E-state index in [9.17, 15) is 8.42 Å². The zero-order valence-corrected chi connectivity index (χ0v) is 16.1. The molecule has 2 heterocycles. The average Bonchev–Trinajstić information content (AvgIpc) is 3.05. The van der Waals surface area contributed by atoms with E-state index in [4.69, 9.17) is 11.6 Å². The lowest BCUT2D eigenvalue weighted by atomic mass is 10.3. The number of nitrogens with zero attached hydrogens (tertiary/aromatic N) is 2. The molecule has 7 nitrogen and oxygen atoms in total. The SMILES string of the molecule is CCNC(=NCc1ccccn1)NCCNS(=O)(=O)c1ccc(Cl)s1. The van der Waals surface area contributed by atoms with Crippen LogP contribution >= 0.6 is 22.9 Å². The third kappa shape index (κ3) is 6.62. The first-order valence-electron chi connectivity index (χ1n) is 7.68. The van der Waals surface area contributed by atoms with Crippen molar-refractivity contribution in [3.05, 3.63) is 46.6 Å². The molecule has 0 spiro atoms. The van der Waals surface area contributed by atoms with Gasteiger partial charge in [-0.3, -0.25) is 4.98 Å². The highest BCUT2D eigenvalue weighted by molar-refractivity contribution is 7.91. The number of pyridine rings is 1. The number of sulfonamides is 1. The van der Waals surface area contributed by atoms with Gasteiger partial charge in [-0.1, -0.05) is 17.7 Å². The van der Waals surface area contributed by atoms with Crippen molar-refractivity contribution in [2.75, 3.05) is 19.6 Å². The van der Waals surface area contributed by atoms with Crippen molar-refractivity contribution in [3.8, 4) is 0 Å². The average molecular weight is 402 g/mol. The van der Waals surface area contributed by atoms with Crippen molar-refractivity contribution < 1.29 is 8.42 Å². The molecule has 0 aliphatic rings. The highest BCUT2D eigenvalue weighted by Crippen LogP contribution is 2.25. The van der Waals surface area contributed by atoms with Crippen LogP contribution in [0.1, 0.15) is 12.6 Å². The van der Waals surface area contributed by atoms with Crippen molar-refractivity contribution in [3.63, 3.8) is 0 Å². The van der Waals surface area contributed by atoms with Crippen LogP contribution in [0.25, 0.3) is 0 Å². The van der Waals surface area contributed by atoms with Gasteiger partial charge in [-0.05, 0) is 31.2 Å². The minimum atomic E-state index is -3.53. The Morgan fingerprint density at radius 2 is 2.08 bits per heavy atom. The van der Waals surface area contributed by atoms with E-state index in [0.29, 0.717) is 29.9 Å². The first kappa shape index (κ1) is 19.6. The Hall–Kier alpha value is -1.68. The highest BCUT2D eigenvalue weighted by Gasteiger charge is 2.15. The van der Waals surface area contributed by atoms with Crippen LogP contribution in [0.2, 0.25) is 4.34 Å². The second-order valence-corrected chi connectivity index (χ2v) is 8.61. The van der Waals surface area contributed by atoms with Gasteiger partial charge < -0.3 is 10.6 Å². The first-order chi connectivity index (χ1) is 12.0. The first-order valence-corrected chi connectivity index (χ1v) is 10.4. The molecule has 3 N–H and O–H groups in total. The Bertz CT molecular complexity index is 793. The monoisotopic (exact) mass is 401 g/mol. The smallest absolute Gasteiger partial charge is 0.250 e. The fourth-order valence-electron chi connectivity index (χ4n) is 1.87. The Labute approximate surface area is 156 Å². The summed E-state index contributed by atoms with van der Waals surface area (Å²) in [7, 11) is -3.53. The summed E-state index contributed by atoms with van der Waals surface area (Å²) in [6.45, 7) is 3.72. The predicted octanol–water partition coefficient (Wildman–Crippen LogP) is 1.83. The maximum Gasteiger partial charge on any atom is 0.250 e. The van der Waals surface area contributed by atoms with E-state index in [1.165, 1.54) is 6.07 Å². The number of halogens is 1. The summed E-state index contributed by atoms with van der Waals surface area (Å²) in [6.07, 6.45) is 1.72. The molecule has 0 unspecified atom stereocenters. The minimum absolute atomic E-state index is 0.202. The third-order valence-electron chi connectivity index (χ3n) is 2.99. The molecule has 0 aliphatic heterocycles. The van der Waals surface area contributed by atoms with E-state index >= 15 is 0 Å². The number of guanidine groups is 1. The van der Waals surface area contributed by atoms with Gasteiger partial charge in [-0.2, -0.15) is 0 Å². The molecule has 0 fully saturated rings. The van der Waals surface area contributed by atoms with Crippen LogP contribution in [0.15, 0.2) is 45.7 Å². The van der Waals surface area contributed by atoms with Crippen LogP contribution in [0.4, 0.5) is 0 Å². The summed E-state index contributed by atoms with van der Waals surface area (Å²) in [4.78, 5) is 8.63. The van der Waals surface area contributed by atoms with Crippen LogP contribution in [-0.2, 0) is 16.6 Å². The fourth-order valence-corrected chi connectivity index (χ4v) is 4.43. The Balaban J connectivity index is 1.83. The van der Waals surface area contributed by atoms with Gasteiger partial charge in [0.05, 0.1) is 16.6 Å². The molecule has 2 aromatic rings. The summed E-state index contributed by atoms with van der Waals surface area (Å²) in [6, 6.07) is 8.70. The molecule has 0 bridgehead atoms. The summed E-state index contributed by atoms with van der Waals surface area (Å²) in [5, 5.41) is 6.19. The molecule has 0 aliphatic carbocycles. The maximum absolute atomic E-state index is 12.1. The standard InChI is InChI=1S/C15H20ClN5O2S2/c1-2-17-15(20-11-12-5-3-4-8-18-12)19-9-10-21-25(22,23)14-7-6-13(16)24-14/h3-8,21H,2,9-11H2,1H3,(H2,17,19,20). The van der Waals surface area contributed by atoms with Crippen LogP contribution in [0.5, 0.6) is 0 Å². The molecule has 0 aromatic carbocycles. The van der Waals surface area contributed by atoms with Gasteiger partial charge in [-0.25, -0.2) is 18.1 Å². The zero-order valence-electron chi connectivity index (χ0n) is 13.7. The topological polar surface area (TPSA) is 95.5 Å². The van der Waals surface area contributed by atoms with Crippen molar-refractivity contribution in [2.45, 2.75) is 17.7 Å². The summed E-state index contributed by atoms with van der Waals surface area (Å²) in [5.74, 6) is 0.603. The van der Waals surface area contributed by atoms with E-state index in [0.717, 1.165) is 17.0 Å². The van der Waals surface area contributed by atoms with Crippen molar-refractivity contribution in [1.29, 1.82) is 0 Å². The lowest BCUT2D eigenvalue weighted by Gasteiger charge is -2.11. The number of aliphatic imine (C=N–C) groups is 1. The van der Waals surface area contributed by atoms with Gasteiger partial charge in [0.15, 0.2) is 5.96 Å².